The number of ether oxygens (including phenoxy) is 1. The van der Waals surface area contributed by atoms with Gasteiger partial charge in [-0.25, -0.2) is 4.79 Å². The number of carbonyl (C=O) groups excluding carboxylic acids is 2. The number of hydrogen-bond donors (Lipinski definition) is 1. The van der Waals surface area contributed by atoms with Crippen molar-refractivity contribution in [3.63, 3.8) is 0 Å². The van der Waals surface area contributed by atoms with Gasteiger partial charge in [0.05, 0.1) is 12.2 Å². The normalized spacial score (nSPS) is 10.5. The molecular formula is C20H16BrNO4. The minimum absolute atomic E-state index is 0.0429. The van der Waals surface area contributed by atoms with Gasteiger partial charge in [0.1, 0.15) is 11.3 Å². The van der Waals surface area contributed by atoms with Crippen LogP contribution in [0.25, 0.3) is 11.3 Å². The number of benzene rings is 2. The quantitative estimate of drug-likeness (QED) is 0.484. The highest BCUT2D eigenvalue weighted by molar-refractivity contribution is 9.10. The molecule has 0 saturated heterocycles. The van der Waals surface area contributed by atoms with Gasteiger partial charge in [-0.3, -0.25) is 4.79 Å². The van der Waals surface area contributed by atoms with E-state index < -0.39 is 5.97 Å². The van der Waals surface area contributed by atoms with E-state index in [0.717, 1.165) is 4.47 Å². The Labute approximate surface area is 158 Å². The van der Waals surface area contributed by atoms with Crippen LogP contribution in [0.3, 0.4) is 0 Å². The second-order valence-electron chi connectivity index (χ2n) is 5.47. The summed E-state index contributed by atoms with van der Waals surface area (Å²) in [6, 6.07) is 15.8. The van der Waals surface area contributed by atoms with Gasteiger partial charge >= 0.3 is 5.97 Å². The molecule has 0 unspecified atom stereocenters. The Bertz CT molecular complexity index is 946. The Morgan fingerprint density at radius 3 is 2.31 bits per heavy atom. The lowest BCUT2D eigenvalue weighted by Gasteiger charge is -2.06. The van der Waals surface area contributed by atoms with Crippen molar-refractivity contribution in [2.75, 3.05) is 12.3 Å². The molecule has 0 atom stereocenters. The van der Waals surface area contributed by atoms with E-state index in [2.05, 4.69) is 15.9 Å². The van der Waals surface area contributed by atoms with Crippen LogP contribution in [0.2, 0.25) is 0 Å². The molecule has 3 rings (SSSR count). The number of nitrogens with two attached hydrogens (primary N) is 1. The SMILES string of the molecule is CCOC(=O)c1c(N)oc(-c2ccc(Br)cc2)c1C(=O)c1ccccc1. The Morgan fingerprint density at radius 1 is 1.04 bits per heavy atom. The summed E-state index contributed by atoms with van der Waals surface area (Å²) in [7, 11) is 0. The topological polar surface area (TPSA) is 82.5 Å². The molecule has 26 heavy (non-hydrogen) atoms. The van der Waals surface area contributed by atoms with E-state index in [-0.39, 0.29) is 35.2 Å². The van der Waals surface area contributed by atoms with Crippen LogP contribution in [-0.4, -0.2) is 18.4 Å². The summed E-state index contributed by atoms with van der Waals surface area (Å²) < 4.78 is 11.6. The van der Waals surface area contributed by atoms with Crippen molar-refractivity contribution < 1.29 is 18.7 Å². The lowest BCUT2D eigenvalue weighted by molar-refractivity contribution is 0.0524. The predicted molar refractivity (Wildman–Crippen MR) is 102 cm³/mol. The van der Waals surface area contributed by atoms with E-state index in [4.69, 9.17) is 14.9 Å². The van der Waals surface area contributed by atoms with Crippen LogP contribution >= 0.6 is 15.9 Å². The molecule has 0 aliphatic rings. The zero-order valence-electron chi connectivity index (χ0n) is 14.0. The van der Waals surface area contributed by atoms with Gasteiger partial charge in [-0.15, -0.1) is 0 Å². The molecule has 0 aliphatic carbocycles. The van der Waals surface area contributed by atoms with Gasteiger partial charge in [0, 0.05) is 15.6 Å². The van der Waals surface area contributed by atoms with Crippen LogP contribution in [0.1, 0.15) is 33.2 Å². The van der Waals surface area contributed by atoms with E-state index in [0.29, 0.717) is 11.1 Å². The fourth-order valence-electron chi connectivity index (χ4n) is 2.61. The van der Waals surface area contributed by atoms with Crippen LogP contribution in [0.15, 0.2) is 63.5 Å². The van der Waals surface area contributed by atoms with Crippen molar-refractivity contribution in [1.82, 2.24) is 0 Å². The van der Waals surface area contributed by atoms with Crippen LogP contribution in [0.4, 0.5) is 5.88 Å². The summed E-state index contributed by atoms with van der Waals surface area (Å²) in [6.45, 7) is 1.85. The first-order chi connectivity index (χ1) is 12.5. The standard InChI is InChI=1S/C20H16BrNO4/c1-2-25-20(24)16-15(17(23)12-6-4-3-5-7-12)18(26-19(16)22)13-8-10-14(21)11-9-13/h3-11H,2,22H2,1H3. The summed E-state index contributed by atoms with van der Waals surface area (Å²) in [5.41, 5.74) is 7.05. The summed E-state index contributed by atoms with van der Waals surface area (Å²) in [4.78, 5) is 25.5. The van der Waals surface area contributed by atoms with Gasteiger partial charge in [-0.1, -0.05) is 58.4 Å². The predicted octanol–water partition coefficient (Wildman–Crippen LogP) is 4.70. The molecule has 132 valence electrons. The minimum Gasteiger partial charge on any atom is -0.462 e. The molecule has 5 nitrogen and oxygen atoms in total. The first-order valence-corrected chi connectivity index (χ1v) is 8.77. The molecule has 0 bridgehead atoms. The highest BCUT2D eigenvalue weighted by Crippen LogP contribution is 2.36. The molecule has 0 amide bonds. The fourth-order valence-corrected chi connectivity index (χ4v) is 2.87. The fraction of sp³-hybridized carbons (Fsp3) is 0.100. The van der Waals surface area contributed by atoms with Crippen molar-refractivity contribution in [3.05, 3.63) is 75.8 Å². The van der Waals surface area contributed by atoms with E-state index in [1.165, 1.54) is 0 Å². The summed E-state index contributed by atoms with van der Waals surface area (Å²) in [6.07, 6.45) is 0. The first kappa shape index (κ1) is 17.9. The zero-order valence-corrected chi connectivity index (χ0v) is 15.6. The second-order valence-corrected chi connectivity index (χ2v) is 6.38. The van der Waals surface area contributed by atoms with Crippen molar-refractivity contribution in [2.24, 2.45) is 0 Å². The highest BCUT2D eigenvalue weighted by atomic mass is 79.9. The molecule has 3 aromatic rings. The van der Waals surface area contributed by atoms with Crippen LogP contribution in [-0.2, 0) is 4.74 Å². The van der Waals surface area contributed by atoms with E-state index >= 15 is 0 Å². The number of furan rings is 1. The molecule has 0 fully saturated rings. The Hall–Kier alpha value is -2.86. The number of anilines is 1. The van der Waals surface area contributed by atoms with E-state index in [1.54, 1.807) is 43.3 Å². The van der Waals surface area contributed by atoms with Crippen molar-refractivity contribution in [1.29, 1.82) is 0 Å². The number of halogens is 1. The molecule has 0 saturated carbocycles. The number of esters is 1. The Kier molecular flexibility index (Phi) is 5.23. The molecule has 6 heteroatoms. The highest BCUT2D eigenvalue weighted by Gasteiger charge is 2.31. The van der Waals surface area contributed by atoms with Crippen LogP contribution in [0, 0.1) is 0 Å². The zero-order chi connectivity index (χ0) is 18.7. The second kappa shape index (κ2) is 7.58. The maximum Gasteiger partial charge on any atom is 0.344 e. The van der Waals surface area contributed by atoms with Gasteiger partial charge in [0.2, 0.25) is 5.88 Å². The Balaban J connectivity index is 2.22. The largest absolute Gasteiger partial charge is 0.462 e. The molecule has 1 aromatic heterocycles. The number of rotatable bonds is 5. The molecule has 1 heterocycles. The number of nitrogen functional groups attached to an aromatic ring is 1. The van der Waals surface area contributed by atoms with Gasteiger partial charge in [0.25, 0.3) is 0 Å². The van der Waals surface area contributed by atoms with Crippen molar-refractivity contribution in [3.8, 4) is 11.3 Å². The van der Waals surface area contributed by atoms with Crippen molar-refractivity contribution >= 4 is 33.6 Å². The number of hydrogen-bond acceptors (Lipinski definition) is 5. The number of carbonyl (C=O) groups is 2. The van der Waals surface area contributed by atoms with Gasteiger partial charge in [-0.2, -0.15) is 0 Å². The average molecular weight is 414 g/mol. The lowest BCUT2D eigenvalue weighted by atomic mass is 9.96. The van der Waals surface area contributed by atoms with Crippen molar-refractivity contribution in [2.45, 2.75) is 6.92 Å². The van der Waals surface area contributed by atoms with E-state index in [9.17, 15) is 9.59 Å². The summed E-state index contributed by atoms with van der Waals surface area (Å²) in [5.74, 6) is -0.934. The first-order valence-electron chi connectivity index (χ1n) is 7.98. The van der Waals surface area contributed by atoms with Gasteiger partial charge < -0.3 is 14.9 Å². The van der Waals surface area contributed by atoms with Crippen LogP contribution < -0.4 is 5.73 Å². The summed E-state index contributed by atoms with van der Waals surface area (Å²) in [5, 5.41) is 0. The summed E-state index contributed by atoms with van der Waals surface area (Å²) >= 11 is 3.37. The molecule has 0 aliphatic heterocycles. The maximum atomic E-state index is 13.1. The van der Waals surface area contributed by atoms with Crippen LogP contribution in [0.5, 0.6) is 0 Å². The smallest absolute Gasteiger partial charge is 0.344 e. The third kappa shape index (κ3) is 3.41. The van der Waals surface area contributed by atoms with Gasteiger partial charge in [0.15, 0.2) is 5.78 Å². The van der Waals surface area contributed by atoms with E-state index in [1.807, 2.05) is 18.2 Å². The molecular weight excluding hydrogens is 398 g/mol. The average Bonchev–Trinajstić information content (AvgIpc) is 3.00. The minimum atomic E-state index is -0.684. The lowest BCUT2D eigenvalue weighted by Crippen LogP contribution is -2.13. The molecule has 2 aromatic carbocycles. The maximum absolute atomic E-state index is 13.1. The molecule has 2 N–H and O–H groups in total. The third-order valence-corrected chi connectivity index (χ3v) is 4.31. The Morgan fingerprint density at radius 2 is 1.69 bits per heavy atom. The van der Waals surface area contributed by atoms with Gasteiger partial charge in [-0.05, 0) is 19.1 Å². The molecule has 0 radical (unpaired) electrons. The third-order valence-electron chi connectivity index (χ3n) is 3.78. The molecule has 0 spiro atoms. The monoisotopic (exact) mass is 413 g/mol. The number of ketones is 1.